The second-order valence-corrected chi connectivity index (χ2v) is 5.30. The standard InChI is InChI=1S/C10H6Br2FN3O2/c11-7-1-6(2-8(13)3-7)4-15-5-9(12)10(14-15)16(17)18/h1-3,5H,4H2. The molecule has 0 amide bonds. The molecule has 18 heavy (non-hydrogen) atoms. The number of hydrogen-bond acceptors (Lipinski definition) is 3. The van der Waals surface area contributed by atoms with Gasteiger partial charge in [-0.2, -0.15) is 4.68 Å². The molecule has 94 valence electrons. The van der Waals surface area contributed by atoms with Gasteiger partial charge in [0.2, 0.25) is 0 Å². The van der Waals surface area contributed by atoms with E-state index >= 15 is 0 Å². The predicted molar refractivity (Wildman–Crippen MR) is 69.8 cm³/mol. The van der Waals surface area contributed by atoms with Crippen molar-refractivity contribution in [3.05, 3.63) is 54.8 Å². The van der Waals surface area contributed by atoms with Gasteiger partial charge in [-0.3, -0.25) is 0 Å². The molecule has 0 saturated carbocycles. The van der Waals surface area contributed by atoms with Crippen molar-refractivity contribution in [1.82, 2.24) is 9.78 Å². The summed E-state index contributed by atoms with van der Waals surface area (Å²) in [4.78, 5) is 10.0. The quantitative estimate of drug-likeness (QED) is 0.606. The molecule has 1 heterocycles. The van der Waals surface area contributed by atoms with Gasteiger partial charge in [0.1, 0.15) is 10.3 Å². The van der Waals surface area contributed by atoms with Crippen LogP contribution in [-0.4, -0.2) is 14.7 Å². The molecule has 0 N–H and O–H groups in total. The van der Waals surface area contributed by atoms with E-state index < -0.39 is 4.92 Å². The average molecular weight is 379 g/mol. The molecule has 1 aromatic heterocycles. The maximum atomic E-state index is 13.2. The molecule has 8 heteroatoms. The first-order chi connectivity index (χ1) is 8.45. The fraction of sp³-hybridized carbons (Fsp3) is 0.100. The Labute approximate surface area is 118 Å². The second kappa shape index (κ2) is 5.15. The van der Waals surface area contributed by atoms with Crippen molar-refractivity contribution in [3.63, 3.8) is 0 Å². The van der Waals surface area contributed by atoms with E-state index in [4.69, 9.17) is 0 Å². The zero-order chi connectivity index (χ0) is 13.3. The van der Waals surface area contributed by atoms with Gasteiger partial charge in [-0.1, -0.05) is 15.9 Å². The first-order valence-electron chi connectivity index (χ1n) is 4.78. The van der Waals surface area contributed by atoms with Gasteiger partial charge >= 0.3 is 5.82 Å². The Morgan fingerprint density at radius 2 is 2.11 bits per heavy atom. The molecule has 0 atom stereocenters. The Bertz CT molecular complexity index is 595. The number of halogens is 3. The van der Waals surface area contributed by atoms with Crippen molar-refractivity contribution in [2.75, 3.05) is 0 Å². The molecule has 1 aromatic carbocycles. The van der Waals surface area contributed by atoms with E-state index in [1.54, 1.807) is 6.07 Å². The van der Waals surface area contributed by atoms with Crippen molar-refractivity contribution >= 4 is 37.7 Å². The Kier molecular flexibility index (Phi) is 3.76. The number of aromatic nitrogens is 2. The van der Waals surface area contributed by atoms with Crippen LogP contribution in [0.4, 0.5) is 10.2 Å². The highest BCUT2D eigenvalue weighted by Gasteiger charge is 2.18. The second-order valence-electron chi connectivity index (χ2n) is 3.53. The van der Waals surface area contributed by atoms with Gasteiger partial charge in [0.05, 0.1) is 17.8 Å². The lowest BCUT2D eigenvalue weighted by atomic mass is 10.2. The molecule has 5 nitrogen and oxygen atoms in total. The van der Waals surface area contributed by atoms with Gasteiger partial charge < -0.3 is 10.1 Å². The van der Waals surface area contributed by atoms with Gasteiger partial charge in [0, 0.05) is 4.47 Å². The highest BCUT2D eigenvalue weighted by molar-refractivity contribution is 9.10. The highest BCUT2D eigenvalue weighted by atomic mass is 79.9. The van der Waals surface area contributed by atoms with Crippen molar-refractivity contribution in [2.45, 2.75) is 6.54 Å². The summed E-state index contributed by atoms with van der Waals surface area (Å²) in [6, 6.07) is 4.42. The average Bonchev–Trinajstić information content (AvgIpc) is 2.57. The maximum Gasteiger partial charge on any atom is 0.404 e. The molecule has 0 aliphatic rings. The molecule has 0 fully saturated rings. The fourth-order valence-corrected chi connectivity index (χ4v) is 2.45. The minimum absolute atomic E-state index is 0.253. The minimum atomic E-state index is -0.581. The molecule has 0 saturated heterocycles. The van der Waals surface area contributed by atoms with Crippen LogP contribution in [0, 0.1) is 15.9 Å². The summed E-state index contributed by atoms with van der Waals surface area (Å²) in [6.45, 7) is 0.253. The summed E-state index contributed by atoms with van der Waals surface area (Å²) < 4.78 is 15.4. The van der Waals surface area contributed by atoms with Crippen LogP contribution < -0.4 is 0 Å². The first-order valence-corrected chi connectivity index (χ1v) is 6.36. The van der Waals surface area contributed by atoms with E-state index in [0.29, 0.717) is 14.5 Å². The summed E-state index contributed by atoms with van der Waals surface area (Å²) >= 11 is 6.23. The molecule has 0 radical (unpaired) electrons. The predicted octanol–water partition coefficient (Wildman–Crippen LogP) is 3.50. The van der Waals surface area contributed by atoms with Crippen LogP contribution in [0.25, 0.3) is 0 Å². The van der Waals surface area contributed by atoms with E-state index in [2.05, 4.69) is 37.0 Å². The third-order valence-corrected chi connectivity index (χ3v) is 3.16. The number of nitro groups is 1. The molecule has 0 spiro atoms. The third-order valence-electron chi connectivity index (χ3n) is 2.14. The Hall–Kier alpha value is -1.28. The van der Waals surface area contributed by atoms with Crippen LogP contribution in [0.1, 0.15) is 5.56 Å². The van der Waals surface area contributed by atoms with Gasteiger partial charge in [-0.15, -0.1) is 0 Å². The Morgan fingerprint density at radius 1 is 1.39 bits per heavy atom. The maximum absolute atomic E-state index is 13.2. The summed E-state index contributed by atoms with van der Waals surface area (Å²) in [5, 5.41) is 14.4. The number of nitrogens with zero attached hydrogens (tertiary/aromatic N) is 3. The summed E-state index contributed by atoms with van der Waals surface area (Å²) in [5.41, 5.74) is 0.659. The summed E-state index contributed by atoms with van der Waals surface area (Å²) in [7, 11) is 0. The summed E-state index contributed by atoms with van der Waals surface area (Å²) in [6.07, 6.45) is 1.48. The van der Waals surface area contributed by atoms with E-state index in [9.17, 15) is 14.5 Å². The van der Waals surface area contributed by atoms with Gasteiger partial charge in [-0.05, 0) is 44.6 Å². The third kappa shape index (κ3) is 2.94. The van der Waals surface area contributed by atoms with Crippen LogP contribution in [0.15, 0.2) is 33.3 Å². The van der Waals surface area contributed by atoms with Gasteiger partial charge in [0.25, 0.3) is 0 Å². The minimum Gasteiger partial charge on any atom is -0.358 e. The number of rotatable bonds is 3. The van der Waals surface area contributed by atoms with E-state index in [1.807, 2.05) is 0 Å². The lowest BCUT2D eigenvalue weighted by molar-refractivity contribution is -0.390. The van der Waals surface area contributed by atoms with Crippen molar-refractivity contribution in [1.29, 1.82) is 0 Å². The van der Waals surface area contributed by atoms with Gasteiger partial charge in [0.15, 0.2) is 0 Å². The van der Waals surface area contributed by atoms with Gasteiger partial charge in [-0.25, -0.2) is 4.39 Å². The summed E-state index contributed by atoms with van der Waals surface area (Å²) in [5.74, 6) is -0.634. The molecule has 2 aromatic rings. The number of hydrogen-bond donors (Lipinski definition) is 0. The van der Waals surface area contributed by atoms with Crippen LogP contribution in [0.3, 0.4) is 0 Å². The van der Waals surface area contributed by atoms with Crippen LogP contribution in [-0.2, 0) is 6.54 Å². The lowest BCUT2D eigenvalue weighted by Gasteiger charge is -2.00. The largest absolute Gasteiger partial charge is 0.404 e. The van der Waals surface area contributed by atoms with Crippen molar-refractivity contribution in [3.8, 4) is 0 Å². The molecule has 0 aliphatic carbocycles. The zero-order valence-electron chi connectivity index (χ0n) is 8.81. The van der Waals surface area contributed by atoms with E-state index in [-0.39, 0.29) is 18.2 Å². The normalized spacial score (nSPS) is 10.6. The van der Waals surface area contributed by atoms with Crippen molar-refractivity contribution in [2.24, 2.45) is 0 Å². The monoisotopic (exact) mass is 377 g/mol. The molecular formula is C10H6Br2FN3O2. The zero-order valence-corrected chi connectivity index (χ0v) is 12.0. The highest BCUT2D eigenvalue weighted by Crippen LogP contribution is 2.23. The van der Waals surface area contributed by atoms with E-state index in [0.717, 1.165) is 0 Å². The molecule has 0 bridgehead atoms. The van der Waals surface area contributed by atoms with Crippen LogP contribution in [0.5, 0.6) is 0 Å². The number of benzene rings is 1. The Balaban J connectivity index is 2.28. The smallest absolute Gasteiger partial charge is 0.358 e. The molecule has 0 unspecified atom stereocenters. The Morgan fingerprint density at radius 3 is 2.67 bits per heavy atom. The fourth-order valence-electron chi connectivity index (χ4n) is 1.48. The topological polar surface area (TPSA) is 61.0 Å². The van der Waals surface area contributed by atoms with Crippen molar-refractivity contribution < 1.29 is 9.31 Å². The lowest BCUT2D eigenvalue weighted by Crippen LogP contribution is -2.01. The first kappa shape index (κ1) is 13.2. The van der Waals surface area contributed by atoms with E-state index in [1.165, 1.54) is 23.0 Å². The van der Waals surface area contributed by atoms with Crippen LogP contribution in [0.2, 0.25) is 0 Å². The molecule has 2 rings (SSSR count). The SMILES string of the molecule is O=[N+]([O-])c1nn(Cc2cc(F)cc(Br)c2)cc1Br. The molecular weight excluding hydrogens is 373 g/mol. The molecule has 0 aliphatic heterocycles. The van der Waals surface area contributed by atoms with Crippen LogP contribution >= 0.6 is 31.9 Å².